The molecule has 0 aliphatic carbocycles. The maximum Gasteiger partial charge on any atom is 0.211 e. The second-order valence-corrected chi connectivity index (χ2v) is 7.40. The van der Waals surface area contributed by atoms with E-state index in [0.29, 0.717) is 25.6 Å². The van der Waals surface area contributed by atoms with Crippen molar-refractivity contribution in [2.45, 2.75) is 20.3 Å². The summed E-state index contributed by atoms with van der Waals surface area (Å²) in [7, 11) is -3.16. The number of nitrogens with zero attached hydrogens (tertiary/aromatic N) is 1. The Bertz CT molecular complexity index is 605. The first-order chi connectivity index (χ1) is 11.0. The van der Waals surface area contributed by atoms with Crippen LogP contribution in [0, 0.1) is 0 Å². The molecule has 0 aliphatic rings. The molecular weight excluding hydrogens is 336 g/mol. The molecule has 0 bridgehead atoms. The first-order valence-electron chi connectivity index (χ1n) is 7.70. The van der Waals surface area contributed by atoms with Gasteiger partial charge in [-0.15, -0.1) is 0 Å². The van der Waals surface area contributed by atoms with E-state index in [1.165, 1.54) is 0 Å². The van der Waals surface area contributed by atoms with Crippen LogP contribution in [0.3, 0.4) is 0 Å². The van der Waals surface area contributed by atoms with Crippen molar-refractivity contribution in [2.75, 3.05) is 31.9 Å². The zero-order chi connectivity index (χ0) is 17.1. The van der Waals surface area contributed by atoms with E-state index in [-0.39, 0.29) is 5.75 Å². The third-order valence-electron chi connectivity index (χ3n) is 3.02. The van der Waals surface area contributed by atoms with Gasteiger partial charge in [-0.25, -0.2) is 13.1 Å². The van der Waals surface area contributed by atoms with Crippen molar-refractivity contribution < 1.29 is 8.42 Å². The molecule has 1 aromatic rings. The van der Waals surface area contributed by atoms with Crippen molar-refractivity contribution in [2.24, 2.45) is 4.99 Å². The number of rotatable bonds is 9. The van der Waals surface area contributed by atoms with E-state index in [1.807, 2.05) is 31.2 Å². The number of hydrogen-bond donors (Lipinski definition) is 3. The molecule has 0 saturated heterocycles. The van der Waals surface area contributed by atoms with Gasteiger partial charge in [0.1, 0.15) is 0 Å². The average Bonchev–Trinajstić information content (AvgIpc) is 2.51. The number of halogens is 1. The van der Waals surface area contributed by atoms with Gasteiger partial charge >= 0.3 is 0 Å². The van der Waals surface area contributed by atoms with Gasteiger partial charge in [0.15, 0.2) is 5.96 Å². The molecule has 0 aromatic heterocycles. The van der Waals surface area contributed by atoms with Crippen LogP contribution in [0.5, 0.6) is 0 Å². The van der Waals surface area contributed by atoms with Crippen LogP contribution in [0.15, 0.2) is 29.3 Å². The molecule has 6 nitrogen and oxygen atoms in total. The Balaban J connectivity index is 2.40. The van der Waals surface area contributed by atoms with E-state index in [1.54, 1.807) is 6.92 Å². The first-order valence-corrected chi connectivity index (χ1v) is 9.73. The highest BCUT2D eigenvalue weighted by molar-refractivity contribution is 7.89. The maximum atomic E-state index is 11.3. The van der Waals surface area contributed by atoms with Gasteiger partial charge in [0.05, 0.1) is 12.3 Å². The largest absolute Gasteiger partial charge is 0.357 e. The summed E-state index contributed by atoms with van der Waals surface area (Å²) in [5.41, 5.74) is 1.15. The zero-order valence-electron chi connectivity index (χ0n) is 13.6. The molecule has 0 amide bonds. The van der Waals surface area contributed by atoms with E-state index < -0.39 is 10.0 Å². The van der Waals surface area contributed by atoms with E-state index >= 15 is 0 Å². The lowest BCUT2D eigenvalue weighted by molar-refractivity contribution is 0.583. The SMILES string of the molecule is CCNC(=NCCNS(=O)(=O)CC)NCCc1cccc(Cl)c1. The summed E-state index contributed by atoms with van der Waals surface area (Å²) < 4.78 is 25.1. The lowest BCUT2D eigenvalue weighted by Gasteiger charge is -2.11. The smallest absolute Gasteiger partial charge is 0.211 e. The Kier molecular flexibility index (Phi) is 8.98. The highest BCUT2D eigenvalue weighted by atomic mass is 35.5. The number of nitrogens with one attached hydrogen (secondary N) is 3. The van der Waals surface area contributed by atoms with Gasteiger partial charge in [-0.3, -0.25) is 4.99 Å². The minimum Gasteiger partial charge on any atom is -0.357 e. The number of hydrogen-bond acceptors (Lipinski definition) is 3. The van der Waals surface area contributed by atoms with Crippen LogP contribution in [0.2, 0.25) is 5.02 Å². The predicted octanol–water partition coefficient (Wildman–Crippen LogP) is 1.38. The minimum atomic E-state index is -3.16. The molecule has 0 unspecified atom stereocenters. The van der Waals surface area contributed by atoms with Crippen molar-refractivity contribution in [1.29, 1.82) is 0 Å². The Labute approximate surface area is 143 Å². The quantitative estimate of drug-likeness (QED) is 0.353. The summed E-state index contributed by atoms with van der Waals surface area (Å²) in [6.07, 6.45) is 0.827. The van der Waals surface area contributed by atoms with Crippen molar-refractivity contribution in [3.8, 4) is 0 Å². The number of sulfonamides is 1. The Hall–Kier alpha value is -1.31. The third-order valence-corrected chi connectivity index (χ3v) is 4.66. The second-order valence-electron chi connectivity index (χ2n) is 4.87. The van der Waals surface area contributed by atoms with Crippen LogP contribution >= 0.6 is 11.6 Å². The summed E-state index contributed by atoms with van der Waals surface area (Å²) in [6, 6.07) is 7.74. The lowest BCUT2D eigenvalue weighted by Crippen LogP contribution is -2.39. The van der Waals surface area contributed by atoms with Crippen molar-refractivity contribution in [3.63, 3.8) is 0 Å². The second kappa shape index (κ2) is 10.5. The van der Waals surface area contributed by atoms with Gasteiger partial charge in [-0.1, -0.05) is 23.7 Å². The molecule has 1 aromatic carbocycles. The van der Waals surface area contributed by atoms with Crippen molar-refractivity contribution in [3.05, 3.63) is 34.9 Å². The summed E-state index contributed by atoms with van der Waals surface area (Å²) in [5, 5.41) is 7.07. The molecule has 0 radical (unpaired) electrons. The Morgan fingerprint density at radius 1 is 1.22 bits per heavy atom. The van der Waals surface area contributed by atoms with Gasteiger partial charge in [0, 0.05) is 24.7 Å². The zero-order valence-corrected chi connectivity index (χ0v) is 15.2. The third kappa shape index (κ3) is 8.78. The first kappa shape index (κ1) is 19.7. The Morgan fingerprint density at radius 3 is 2.65 bits per heavy atom. The fourth-order valence-electron chi connectivity index (χ4n) is 1.83. The minimum absolute atomic E-state index is 0.0780. The number of aliphatic imine (C=N–C) groups is 1. The molecule has 8 heteroatoms. The van der Waals surface area contributed by atoms with Crippen LogP contribution in [-0.4, -0.2) is 46.3 Å². The van der Waals surface area contributed by atoms with Crippen molar-refractivity contribution in [1.82, 2.24) is 15.4 Å². The fourth-order valence-corrected chi connectivity index (χ4v) is 2.65. The number of benzene rings is 1. The van der Waals surface area contributed by atoms with Gasteiger partial charge in [-0.05, 0) is 38.0 Å². The van der Waals surface area contributed by atoms with Gasteiger partial charge in [-0.2, -0.15) is 0 Å². The van der Waals surface area contributed by atoms with Crippen LogP contribution in [-0.2, 0) is 16.4 Å². The van der Waals surface area contributed by atoms with E-state index in [9.17, 15) is 8.42 Å². The fraction of sp³-hybridized carbons (Fsp3) is 0.533. The summed E-state index contributed by atoms with van der Waals surface area (Å²) in [4.78, 5) is 4.34. The molecule has 1 rings (SSSR count). The normalized spacial score (nSPS) is 12.2. The molecule has 3 N–H and O–H groups in total. The van der Waals surface area contributed by atoms with Crippen LogP contribution in [0.4, 0.5) is 0 Å². The van der Waals surface area contributed by atoms with E-state index in [2.05, 4.69) is 20.3 Å². The van der Waals surface area contributed by atoms with Gasteiger partial charge in [0.25, 0.3) is 0 Å². The molecule has 0 saturated carbocycles. The van der Waals surface area contributed by atoms with Gasteiger partial charge < -0.3 is 10.6 Å². The molecule has 0 spiro atoms. The topological polar surface area (TPSA) is 82.6 Å². The predicted molar refractivity (Wildman–Crippen MR) is 96.6 cm³/mol. The molecule has 0 fully saturated rings. The van der Waals surface area contributed by atoms with Crippen LogP contribution < -0.4 is 15.4 Å². The maximum absolute atomic E-state index is 11.3. The highest BCUT2D eigenvalue weighted by Crippen LogP contribution is 2.10. The monoisotopic (exact) mass is 360 g/mol. The molecule has 130 valence electrons. The van der Waals surface area contributed by atoms with Gasteiger partial charge in [0.2, 0.25) is 10.0 Å². The van der Waals surface area contributed by atoms with Crippen LogP contribution in [0.1, 0.15) is 19.4 Å². The summed E-state index contributed by atoms with van der Waals surface area (Å²) in [6.45, 7) is 5.71. The van der Waals surface area contributed by atoms with E-state index in [0.717, 1.165) is 23.6 Å². The standard InChI is InChI=1S/C15H25ClN4O2S/c1-3-17-15(19-10-11-20-23(21,22)4-2)18-9-8-13-6-5-7-14(16)12-13/h5-7,12,20H,3-4,8-11H2,1-2H3,(H2,17,18,19). The molecule has 0 aliphatic heterocycles. The Morgan fingerprint density at radius 2 is 2.00 bits per heavy atom. The molecule has 23 heavy (non-hydrogen) atoms. The summed E-state index contributed by atoms with van der Waals surface area (Å²) in [5.74, 6) is 0.750. The average molecular weight is 361 g/mol. The molecular formula is C15H25ClN4O2S. The lowest BCUT2D eigenvalue weighted by atomic mass is 10.1. The van der Waals surface area contributed by atoms with Crippen LogP contribution in [0.25, 0.3) is 0 Å². The van der Waals surface area contributed by atoms with Crippen molar-refractivity contribution >= 4 is 27.6 Å². The number of guanidine groups is 1. The molecule has 0 heterocycles. The molecule has 0 atom stereocenters. The summed E-state index contributed by atoms with van der Waals surface area (Å²) >= 11 is 5.96. The van der Waals surface area contributed by atoms with E-state index in [4.69, 9.17) is 11.6 Å². The highest BCUT2D eigenvalue weighted by Gasteiger charge is 2.04.